The first-order valence-corrected chi connectivity index (χ1v) is 29.6. The van der Waals surface area contributed by atoms with E-state index in [1.807, 2.05) is 0 Å². The molecule has 0 aliphatic heterocycles. The van der Waals surface area contributed by atoms with Gasteiger partial charge in [0.05, 0.1) is 74.9 Å². The number of carbonyl (C=O) groups is 10. The van der Waals surface area contributed by atoms with E-state index in [0.717, 1.165) is 0 Å². The monoisotopic (exact) mass is 1250 g/mol. The van der Waals surface area contributed by atoms with Crippen LogP contribution in [0.4, 0.5) is 0 Å². The predicted octanol–water partition coefficient (Wildman–Crippen LogP) is 3.40. The molecular weight excluding hydrogens is 1160 g/mol. The summed E-state index contributed by atoms with van der Waals surface area (Å²) in [4.78, 5) is 135. The molecular formula is C65H91N9O16. The highest BCUT2D eigenvalue weighted by atomic mass is 16.5. The Kier molecular flexibility index (Phi) is 33.7. The Bertz CT molecular complexity index is 3080. The fraction of sp³-hybridized carbons (Fsp3) is 0.477. The van der Waals surface area contributed by atoms with Crippen molar-refractivity contribution in [1.29, 1.82) is 0 Å². The molecule has 25 nitrogen and oxygen atoms in total. The lowest BCUT2D eigenvalue weighted by atomic mass is 9.95. The molecule has 4 rings (SSSR count). The molecule has 0 unspecified atom stereocenters. The summed E-state index contributed by atoms with van der Waals surface area (Å²) in [6, 6.07) is 14.4. The van der Waals surface area contributed by atoms with Crippen molar-refractivity contribution in [2.24, 2.45) is 28.7 Å². The van der Waals surface area contributed by atoms with E-state index < -0.39 is 90.2 Å². The normalized spacial score (nSPS) is 12.2. The zero-order chi connectivity index (χ0) is 65.4. The number of hydrogen-bond acceptors (Lipinski definition) is 19. The minimum absolute atomic E-state index is 0. The van der Waals surface area contributed by atoms with Crippen molar-refractivity contribution in [3.8, 4) is 23.0 Å². The van der Waals surface area contributed by atoms with Gasteiger partial charge in [-0.1, -0.05) is 31.7 Å². The number of aliphatic carboxylic acids is 1. The molecule has 90 heavy (non-hydrogen) atoms. The minimum atomic E-state index is -1.26. The van der Waals surface area contributed by atoms with Gasteiger partial charge in [0.15, 0.2) is 23.1 Å². The highest BCUT2D eigenvalue weighted by molar-refractivity contribution is 6.04. The van der Waals surface area contributed by atoms with Gasteiger partial charge in [-0.15, -0.1) is 0 Å². The second-order valence-corrected chi connectivity index (χ2v) is 21.3. The van der Waals surface area contributed by atoms with Gasteiger partial charge in [-0.25, -0.2) is 4.79 Å². The van der Waals surface area contributed by atoms with E-state index in [-0.39, 0.29) is 110 Å². The van der Waals surface area contributed by atoms with E-state index in [1.165, 1.54) is 77.0 Å². The number of carboxylic acid groups (broad SMARTS) is 1. The molecule has 4 aromatic carbocycles. The van der Waals surface area contributed by atoms with Gasteiger partial charge in [0.2, 0.25) is 5.91 Å². The smallest absolute Gasteiger partial charge is 0.329 e. The van der Waals surface area contributed by atoms with Crippen LogP contribution in [-0.4, -0.2) is 156 Å². The van der Waals surface area contributed by atoms with E-state index in [9.17, 15) is 47.9 Å². The molecule has 4 atom stereocenters. The van der Waals surface area contributed by atoms with Crippen LogP contribution in [0.25, 0.3) is 0 Å². The van der Waals surface area contributed by atoms with Gasteiger partial charge < -0.3 is 78.7 Å². The molecule has 0 spiro atoms. The molecule has 0 aliphatic rings. The Morgan fingerprint density at radius 1 is 0.400 bits per heavy atom. The fourth-order valence-corrected chi connectivity index (χ4v) is 9.88. The van der Waals surface area contributed by atoms with Gasteiger partial charge in [-0.2, -0.15) is 0 Å². The average Bonchev–Trinajstić information content (AvgIpc) is 2.39. The van der Waals surface area contributed by atoms with E-state index in [2.05, 4.69) is 21.3 Å². The predicted molar refractivity (Wildman–Crippen MR) is 338 cm³/mol. The van der Waals surface area contributed by atoms with E-state index in [4.69, 9.17) is 57.5 Å². The van der Waals surface area contributed by atoms with Crippen LogP contribution in [0.15, 0.2) is 72.8 Å². The SMILES string of the molecule is C.COc1ccc(CC(=O)[C@H](CCCCN)NC(=O)c2cc(CC(=O)[C@H](CCCCN)NC(=O)c3cc(CC(=O)[C@H](CCCCN)NC(=O)c4cc(CC(=O)[C@H](CCCCN)NC(=O)COCC(=O)O)ccc4OC)ccc3OC)ccc2OC)cc1C(N)=O. The van der Waals surface area contributed by atoms with Gasteiger partial charge in [-0.3, -0.25) is 43.2 Å². The summed E-state index contributed by atoms with van der Waals surface area (Å²) in [7, 11) is 5.49. The van der Waals surface area contributed by atoms with Crippen LogP contribution >= 0.6 is 0 Å². The Morgan fingerprint density at radius 3 is 0.922 bits per heavy atom. The number of rotatable bonds is 44. The van der Waals surface area contributed by atoms with Crippen LogP contribution in [0.2, 0.25) is 0 Å². The lowest BCUT2D eigenvalue weighted by Gasteiger charge is -2.21. The number of ketones is 4. The molecule has 15 N–H and O–H groups in total. The van der Waals surface area contributed by atoms with E-state index in [1.54, 1.807) is 24.3 Å². The van der Waals surface area contributed by atoms with Gasteiger partial charge in [-0.05, 0) is 174 Å². The third-order valence-electron chi connectivity index (χ3n) is 14.6. The lowest BCUT2D eigenvalue weighted by molar-refractivity contribution is -0.144. The van der Waals surface area contributed by atoms with Crippen LogP contribution in [-0.2, 0) is 59.2 Å². The van der Waals surface area contributed by atoms with Crippen molar-refractivity contribution < 1.29 is 76.7 Å². The second kappa shape index (κ2) is 40.1. The summed E-state index contributed by atoms with van der Waals surface area (Å²) in [5.41, 5.74) is 30.5. The first-order valence-electron chi connectivity index (χ1n) is 29.6. The summed E-state index contributed by atoms with van der Waals surface area (Å²) in [5.74, 6) is -5.54. The molecule has 25 heteroatoms. The number of Topliss-reactive ketones (excluding diaryl/α,β-unsaturated/α-hetero) is 4. The number of nitrogens with two attached hydrogens (primary N) is 5. The van der Waals surface area contributed by atoms with E-state index in [0.29, 0.717) is 99.8 Å². The van der Waals surface area contributed by atoms with Gasteiger partial charge in [0.1, 0.15) is 36.2 Å². The Balaban J connectivity index is 0.0000212. The van der Waals surface area contributed by atoms with Crippen molar-refractivity contribution in [3.05, 3.63) is 117 Å². The van der Waals surface area contributed by atoms with Crippen LogP contribution in [0, 0.1) is 0 Å². The highest BCUT2D eigenvalue weighted by Crippen LogP contribution is 2.27. The Hall–Kier alpha value is -8.62. The number of carboxylic acids is 1. The van der Waals surface area contributed by atoms with Crippen molar-refractivity contribution in [2.75, 3.05) is 67.8 Å². The Morgan fingerprint density at radius 2 is 0.667 bits per heavy atom. The standard InChI is InChI=1S/C64H87N9O16.CH4/c1-85-55-21-17-39(29-43(55)61(69)81)33-52(75)48(14-6-10-26-66)71-63(83)45-31-41(19-23-57(45)87-3)35-54(77)50(16-8-12-28-68)73-64(84)46-32-42(20-24-58(46)88-4)36-53(76)49(15-7-11-27-67)72-62(82)44-30-40(18-22-56(44)86-2)34-51(74)47(13-5-9-25-65)70-59(78)37-89-38-60(79)80;/h17-24,29-32,47-50H,5-16,25-28,33-38,65-68H2,1-4H3,(H2,69,81)(H,70,78)(H,71,83)(H,72,82)(H,73,84)(H,79,80);1H4/t47-,48-,49-,50-;/m0./s1. The number of methoxy groups -OCH3 is 4. The average molecular weight is 1250 g/mol. The molecule has 0 saturated heterocycles. The maximum atomic E-state index is 14.4. The summed E-state index contributed by atoms with van der Waals surface area (Å²) >= 11 is 0. The summed E-state index contributed by atoms with van der Waals surface area (Å²) in [6.07, 6.45) is 4.23. The molecule has 0 aliphatic carbocycles. The van der Waals surface area contributed by atoms with Crippen LogP contribution in [0.5, 0.6) is 23.0 Å². The summed E-state index contributed by atoms with van der Waals surface area (Å²) in [5, 5.41) is 20.0. The minimum Gasteiger partial charge on any atom is -0.496 e. The first-order chi connectivity index (χ1) is 42.7. The summed E-state index contributed by atoms with van der Waals surface area (Å²) < 4.78 is 26.8. The topological polar surface area (TPSA) is 415 Å². The quantitative estimate of drug-likeness (QED) is 0.0284. The van der Waals surface area contributed by atoms with Crippen LogP contribution in [0.3, 0.4) is 0 Å². The highest BCUT2D eigenvalue weighted by Gasteiger charge is 2.29. The zero-order valence-electron chi connectivity index (χ0n) is 51.3. The fourth-order valence-electron chi connectivity index (χ4n) is 9.88. The number of benzene rings is 4. The molecule has 0 fully saturated rings. The maximum absolute atomic E-state index is 14.4. The largest absolute Gasteiger partial charge is 0.496 e. The zero-order valence-corrected chi connectivity index (χ0v) is 51.3. The maximum Gasteiger partial charge on any atom is 0.329 e. The lowest BCUT2D eigenvalue weighted by Crippen LogP contribution is -2.43. The van der Waals surface area contributed by atoms with Crippen molar-refractivity contribution >= 4 is 58.6 Å². The summed E-state index contributed by atoms with van der Waals surface area (Å²) in [6.45, 7) is 0.0907. The number of amides is 5. The number of nitrogens with one attached hydrogen (secondary N) is 4. The van der Waals surface area contributed by atoms with Crippen LogP contribution in [0.1, 0.15) is 148 Å². The number of hydrogen-bond donors (Lipinski definition) is 10. The Labute approximate surface area is 525 Å². The third kappa shape index (κ3) is 24.4. The number of unbranched alkanes of at least 4 members (excludes halogenated alkanes) is 4. The van der Waals surface area contributed by atoms with Crippen molar-refractivity contribution in [1.82, 2.24) is 21.3 Å². The molecule has 0 aromatic heterocycles. The number of ether oxygens (including phenoxy) is 5. The van der Waals surface area contributed by atoms with Crippen molar-refractivity contribution in [2.45, 2.75) is 134 Å². The van der Waals surface area contributed by atoms with Crippen molar-refractivity contribution in [3.63, 3.8) is 0 Å². The molecule has 0 heterocycles. The third-order valence-corrected chi connectivity index (χ3v) is 14.6. The van der Waals surface area contributed by atoms with Crippen LogP contribution < -0.4 is 68.9 Å². The van der Waals surface area contributed by atoms with Gasteiger partial charge in [0, 0.05) is 25.7 Å². The van der Waals surface area contributed by atoms with Gasteiger partial charge in [0.25, 0.3) is 23.6 Å². The number of carbonyl (C=O) groups excluding carboxylic acids is 9. The first kappa shape index (κ1) is 75.6. The van der Waals surface area contributed by atoms with Gasteiger partial charge >= 0.3 is 5.97 Å². The molecule has 4 aromatic rings. The molecule has 0 saturated carbocycles. The molecule has 492 valence electrons. The molecule has 5 amide bonds. The molecule has 0 radical (unpaired) electrons. The van der Waals surface area contributed by atoms with E-state index >= 15 is 0 Å². The number of primary amides is 1. The second-order valence-electron chi connectivity index (χ2n) is 21.3. The molecule has 0 bridgehead atoms.